The van der Waals surface area contributed by atoms with E-state index in [2.05, 4.69) is 5.32 Å². The van der Waals surface area contributed by atoms with Crippen molar-refractivity contribution in [1.82, 2.24) is 10.3 Å². The minimum atomic E-state index is -0.542. The molecule has 1 amide bonds. The minimum absolute atomic E-state index is 0.223. The Morgan fingerprint density at radius 2 is 1.76 bits per heavy atom. The highest BCUT2D eigenvalue weighted by Gasteiger charge is 2.34. The third kappa shape index (κ3) is 4.12. The van der Waals surface area contributed by atoms with Crippen molar-refractivity contribution in [3.8, 4) is 0 Å². The number of hydrazone groups is 1. The van der Waals surface area contributed by atoms with Crippen LogP contribution in [0.3, 0.4) is 0 Å². The van der Waals surface area contributed by atoms with Crippen molar-refractivity contribution in [1.29, 1.82) is 0 Å². The van der Waals surface area contributed by atoms with Crippen LogP contribution in [0.5, 0.6) is 0 Å². The molecule has 0 aliphatic carbocycles. The van der Waals surface area contributed by atoms with E-state index in [1.807, 2.05) is 66.7 Å². The number of methoxy groups -OCH3 is 1. The lowest BCUT2D eigenvalue weighted by Crippen LogP contribution is -2.50. The molecule has 0 spiro atoms. The molecule has 2 aliphatic rings. The number of nitrogens with one attached hydrogen (secondary N) is 1. The monoisotopic (exact) mass is 456 g/mol. The van der Waals surface area contributed by atoms with Crippen LogP contribution >= 0.6 is 11.8 Å². The Morgan fingerprint density at radius 1 is 1.03 bits per heavy atom. The molecule has 7 nitrogen and oxygen atoms in total. The van der Waals surface area contributed by atoms with Crippen molar-refractivity contribution >= 4 is 34.5 Å². The van der Waals surface area contributed by atoms with E-state index in [0.29, 0.717) is 22.2 Å². The predicted octanol–water partition coefficient (Wildman–Crippen LogP) is 2.55. The fourth-order valence-electron chi connectivity index (χ4n) is 3.74. The lowest BCUT2D eigenvalue weighted by molar-refractivity contribution is -0.116. The Morgan fingerprint density at radius 3 is 2.52 bits per heavy atom. The fourth-order valence-corrected chi connectivity index (χ4v) is 4.55. The van der Waals surface area contributed by atoms with Crippen LogP contribution in [0.25, 0.3) is 5.70 Å². The Hall–Kier alpha value is -3.91. The van der Waals surface area contributed by atoms with Crippen LogP contribution in [-0.4, -0.2) is 29.2 Å². The zero-order valence-electron chi connectivity index (χ0n) is 17.8. The second-order valence-electron chi connectivity index (χ2n) is 7.46. The van der Waals surface area contributed by atoms with E-state index in [4.69, 9.17) is 14.8 Å². The number of rotatable bonds is 4. The molecule has 2 aliphatic heterocycles. The Kier molecular flexibility index (Phi) is 5.66. The second-order valence-corrected chi connectivity index (χ2v) is 8.42. The fraction of sp³-hybridized carbons (Fsp3) is 0.120. The minimum Gasteiger partial charge on any atom is -0.465 e. The number of fused-ring (bicyclic) bond motifs is 2. The normalized spacial score (nSPS) is 16.7. The molecule has 2 heterocycles. The van der Waals surface area contributed by atoms with Gasteiger partial charge in [0.25, 0.3) is 5.91 Å². The summed E-state index contributed by atoms with van der Waals surface area (Å²) in [6.07, 6.45) is -0.542. The van der Waals surface area contributed by atoms with Crippen LogP contribution < -0.4 is 15.9 Å². The van der Waals surface area contributed by atoms with E-state index in [9.17, 15) is 9.59 Å². The molecule has 0 radical (unpaired) electrons. The van der Waals surface area contributed by atoms with E-state index >= 15 is 0 Å². The largest absolute Gasteiger partial charge is 0.465 e. The van der Waals surface area contributed by atoms with Crippen molar-refractivity contribution in [2.45, 2.75) is 11.9 Å². The molecule has 0 saturated heterocycles. The molecule has 0 bridgehead atoms. The standard InChI is InChI=1S/C25H20N4O3S/c1-32-24(31)18-13-11-17(12-14-18)22-26-20-10-6-5-9-19(20)21-23(30)27-25(28-29(21)22)33-15-16-7-3-2-4-8-16/h2-14,22H,15H2,1H3,(H,27,28,30). The molecule has 33 heavy (non-hydrogen) atoms. The highest BCUT2D eigenvalue weighted by atomic mass is 32.2. The molecule has 1 atom stereocenters. The van der Waals surface area contributed by atoms with E-state index < -0.39 is 12.1 Å². The van der Waals surface area contributed by atoms with Crippen molar-refractivity contribution in [2.24, 2.45) is 10.1 Å². The Balaban J connectivity index is 1.54. The molecule has 164 valence electrons. The molecular weight excluding hydrogens is 436 g/mol. The van der Waals surface area contributed by atoms with Gasteiger partial charge in [-0.25, -0.2) is 9.80 Å². The average molecular weight is 457 g/mol. The van der Waals surface area contributed by atoms with E-state index in [0.717, 1.165) is 21.7 Å². The number of thioether (sulfide) groups is 1. The van der Waals surface area contributed by atoms with Crippen LogP contribution in [0, 0.1) is 0 Å². The smallest absolute Gasteiger partial charge is 0.337 e. The summed E-state index contributed by atoms with van der Waals surface area (Å²) in [4.78, 5) is 29.9. The highest BCUT2D eigenvalue weighted by Crippen LogP contribution is 2.31. The summed E-state index contributed by atoms with van der Waals surface area (Å²) in [5.74, 6) is 0.0452. The van der Waals surface area contributed by atoms with Gasteiger partial charge in [-0.05, 0) is 29.3 Å². The van der Waals surface area contributed by atoms with Crippen molar-refractivity contribution in [3.05, 3.63) is 106 Å². The summed E-state index contributed by atoms with van der Waals surface area (Å²) in [5, 5.41) is 11.3. The van der Waals surface area contributed by atoms with Crippen LogP contribution in [-0.2, 0) is 15.3 Å². The van der Waals surface area contributed by atoms with Crippen molar-refractivity contribution in [2.75, 3.05) is 7.11 Å². The molecule has 1 unspecified atom stereocenters. The first-order valence-electron chi connectivity index (χ1n) is 10.4. The molecule has 1 N–H and O–H groups in total. The van der Waals surface area contributed by atoms with Gasteiger partial charge < -0.3 is 4.74 Å². The molecule has 3 aromatic rings. The number of amides is 1. The van der Waals surface area contributed by atoms with Gasteiger partial charge >= 0.3 is 5.97 Å². The summed E-state index contributed by atoms with van der Waals surface area (Å²) in [6.45, 7) is 0. The highest BCUT2D eigenvalue weighted by molar-refractivity contribution is 8.13. The topological polar surface area (TPSA) is 83.4 Å². The summed E-state index contributed by atoms with van der Waals surface area (Å²) < 4.78 is 4.79. The van der Waals surface area contributed by atoms with E-state index in [1.165, 1.54) is 18.9 Å². The maximum atomic E-state index is 13.2. The first-order chi connectivity index (χ1) is 16.1. The van der Waals surface area contributed by atoms with E-state index in [-0.39, 0.29) is 5.91 Å². The number of nitrogens with zero attached hydrogens (tertiary/aromatic N) is 3. The Bertz CT molecular complexity index is 1370. The molecule has 8 heteroatoms. The van der Waals surface area contributed by atoms with E-state index in [1.54, 1.807) is 17.1 Å². The maximum Gasteiger partial charge on any atom is 0.337 e. The van der Waals surface area contributed by atoms with Gasteiger partial charge in [0.05, 0.1) is 18.0 Å². The number of benzene rings is 3. The number of para-hydroxylation sites is 1. The molecule has 0 fully saturated rings. The Labute approximate surface area is 194 Å². The number of hydrogen-bond donors (Lipinski definition) is 1. The molecular formula is C25H20N4O3S. The summed E-state index contributed by atoms with van der Waals surface area (Å²) >= 11 is 1.46. The van der Waals surface area contributed by atoms with Gasteiger partial charge in [-0.15, -0.1) is 5.10 Å². The third-order valence-electron chi connectivity index (χ3n) is 5.36. The SMILES string of the molecule is COC(=O)c1ccc(C2N=c3ccccc3=C3C(=O)NC(SCc4ccccc4)=NN32)cc1. The van der Waals surface area contributed by atoms with Crippen molar-refractivity contribution < 1.29 is 14.3 Å². The number of carbonyl (C=O) groups is 2. The van der Waals surface area contributed by atoms with Crippen LogP contribution in [0.2, 0.25) is 0 Å². The second kappa shape index (κ2) is 8.91. The predicted molar refractivity (Wildman–Crippen MR) is 126 cm³/mol. The summed E-state index contributed by atoms with van der Waals surface area (Å²) in [6, 6.07) is 24.5. The van der Waals surface area contributed by atoms with Gasteiger partial charge in [0.1, 0.15) is 5.70 Å². The first-order valence-corrected chi connectivity index (χ1v) is 11.3. The van der Waals surface area contributed by atoms with Gasteiger partial charge in [0, 0.05) is 11.0 Å². The van der Waals surface area contributed by atoms with Gasteiger partial charge in [0.2, 0.25) is 0 Å². The van der Waals surface area contributed by atoms with Gasteiger partial charge in [-0.1, -0.05) is 72.4 Å². The zero-order valence-corrected chi connectivity index (χ0v) is 18.6. The molecule has 3 aromatic carbocycles. The summed E-state index contributed by atoms with van der Waals surface area (Å²) in [7, 11) is 1.35. The number of esters is 1. The lowest BCUT2D eigenvalue weighted by atomic mass is 10.1. The lowest BCUT2D eigenvalue weighted by Gasteiger charge is -2.34. The van der Waals surface area contributed by atoms with Crippen molar-refractivity contribution in [3.63, 3.8) is 0 Å². The quantitative estimate of drug-likeness (QED) is 0.610. The van der Waals surface area contributed by atoms with Crippen LogP contribution in [0.15, 0.2) is 89.0 Å². The number of hydrogen-bond acceptors (Lipinski definition) is 7. The van der Waals surface area contributed by atoms with Crippen LogP contribution in [0.1, 0.15) is 27.7 Å². The molecule has 0 aromatic heterocycles. The average Bonchev–Trinajstić information content (AvgIpc) is 2.87. The third-order valence-corrected chi connectivity index (χ3v) is 6.30. The number of carbonyl (C=O) groups excluding carboxylic acids is 2. The van der Waals surface area contributed by atoms with Gasteiger partial charge in [-0.2, -0.15) is 0 Å². The molecule has 0 saturated carbocycles. The zero-order chi connectivity index (χ0) is 22.8. The van der Waals surface area contributed by atoms with Gasteiger partial charge in [-0.3, -0.25) is 15.1 Å². The van der Waals surface area contributed by atoms with Gasteiger partial charge in [0.15, 0.2) is 11.3 Å². The summed E-state index contributed by atoms with van der Waals surface area (Å²) in [5.41, 5.74) is 2.84. The maximum absolute atomic E-state index is 13.2. The van der Waals surface area contributed by atoms with Crippen LogP contribution in [0.4, 0.5) is 0 Å². The number of amidine groups is 1. The molecule has 5 rings (SSSR count). The first kappa shape index (κ1) is 21.0. The number of ether oxygens (including phenoxy) is 1.